The Morgan fingerprint density at radius 3 is 2.57 bits per heavy atom. The number of carbonyl (C=O) groups is 1. The third kappa shape index (κ3) is 6.84. The maximum atomic E-state index is 12.2. The van der Waals surface area contributed by atoms with Crippen molar-refractivity contribution in [2.24, 2.45) is 4.99 Å². The van der Waals surface area contributed by atoms with Gasteiger partial charge >= 0.3 is 0 Å². The van der Waals surface area contributed by atoms with Crippen LogP contribution in [-0.2, 0) is 9.53 Å². The highest BCUT2D eigenvalue weighted by Crippen LogP contribution is 2.34. The molecule has 1 aliphatic carbocycles. The Labute approximate surface area is 183 Å². The van der Waals surface area contributed by atoms with Crippen LogP contribution in [0, 0.1) is 0 Å². The van der Waals surface area contributed by atoms with E-state index in [1.807, 2.05) is 4.90 Å². The third-order valence-corrected chi connectivity index (χ3v) is 6.91. The van der Waals surface area contributed by atoms with Crippen LogP contribution in [0.1, 0.15) is 71.1 Å². The number of nitrogens with zero attached hydrogens (tertiary/aromatic N) is 3. The van der Waals surface area contributed by atoms with Gasteiger partial charge in [0.2, 0.25) is 5.91 Å². The first-order valence-corrected chi connectivity index (χ1v) is 12.4. The Morgan fingerprint density at radius 1 is 1.03 bits per heavy atom. The fourth-order valence-electron chi connectivity index (χ4n) is 5.14. The molecule has 0 unspecified atom stereocenters. The van der Waals surface area contributed by atoms with E-state index >= 15 is 0 Å². The lowest BCUT2D eigenvalue weighted by atomic mass is 9.80. The third-order valence-electron chi connectivity index (χ3n) is 6.91. The molecule has 2 aliphatic heterocycles. The molecule has 0 atom stereocenters. The number of hydrogen-bond acceptors (Lipinski definition) is 4. The Morgan fingerprint density at radius 2 is 1.80 bits per heavy atom. The Kier molecular flexibility index (Phi) is 9.72. The highest BCUT2D eigenvalue weighted by Gasteiger charge is 2.38. The summed E-state index contributed by atoms with van der Waals surface area (Å²) in [6.07, 6.45) is 11.5. The van der Waals surface area contributed by atoms with Gasteiger partial charge in [-0.3, -0.25) is 14.7 Å². The molecule has 2 heterocycles. The molecule has 30 heavy (non-hydrogen) atoms. The van der Waals surface area contributed by atoms with Gasteiger partial charge in [-0.25, -0.2) is 0 Å². The first-order valence-electron chi connectivity index (χ1n) is 12.4. The van der Waals surface area contributed by atoms with E-state index < -0.39 is 0 Å². The monoisotopic (exact) mass is 421 g/mol. The van der Waals surface area contributed by atoms with Gasteiger partial charge in [0.05, 0.1) is 19.8 Å². The molecule has 7 nitrogen and oxygen atoms in total. The molecule has 0 radical (unpaired) electrons. The smallest absolute Gasteiger partial charge is 0.222 e. The van der Waals surface area contributed by atoms with Gasteiger partial charge in [-0.1, -0.05) is 25.7 Å². The van der Waals surface area contributed by atoms with Crippen LogP contribution in [0.5, 0.6) is 0 Å². The zero-order valence-corrected chi connectivity index (χ0v) is 19.1. The van der Waals surface area contributed by atoms with Gasteiger partial charge in [-0.15, -0.1) is 0 Å². The molecule has 0 spiro atoms. The Hall–Kier alpha value is -1.34. The summed E-state index contributed by atoms with van der Waals surface area (Å²) in [4.78, 5) is 21.9. The zero-order chi connectivity index (χ0) is 21.1. The summed E-state index contributed by atoms with van der Waals surface area (Å²) in [6, 6.07) is 0. The molecule has 0 aromatic rings. The molecule has 0 aromatic carbocycles. The number of hydrogen-bond donors (Lipinski definition) is 2. The van der Waals surface area contributed by atoms with Crippen molar-refractivity contribution < 1.29 is 9.53 Å². The largest absolute Gasteiger partial charge is 0.379 e. The molecule has 2 N–H and O–H groups in total. The fourth-order valence-corrected chi connectivity index (χ4v) is 5.14. The molecule has 1 saturated carbocycles. The topological polar surface area (TPSA) is 69.2 Å². The normalized spacial score (nSPS) is 23.8. The number of nitrogens with one attached hydrogen (secondary N) is 2. The first kappa shape index (κ1) is 23.3. The van der Waals surface area contributed by atoms with Crippen molar-refractivity contribution in [3.8, 4) is 0 Å². The lowest BCUT2D eigenvalue weighted by Gasteiger charge is -2.47. The molecule has 3 rings (SSSR count). The van der Waals surface area contributed by atoms with E-state index in [4.69, 9.17) is 9.73 Å². The summed E-state index contributed by atoms with van der Waals surface area (Å²) in [5.74, 6) is 1.25. The summed E-state index contributed by atoms with van der Waals surface area (Å²) < 4.78 is 5.60. The molecule has 1 amide bonds. The van der Waals surface area contributed by atoms with Gasteiger partial charge in [0.1, 0.15) is 0 Å². The van der Waals surface area contributed by atoms with Crippen LogP contribution in [0.25, 0.3) is 0 Å². The first-order chi connectivity index (χ1) is 14.7. The van der Waals surface area contributed by atoms with Gasteiger partial charge in [-0.2, -0.15) is 0 Å². The van der Waals surface area contributed by atoms with Crippen LogP contribution >= 0.6 is 0 Å². The average Bonchev–Trinajstić information content (AvgIpc) is 3.00. The Balaban J connectivity index is 1.51. The molecule has 7 heteroatoms. The van der Waals surface area contributed by atoms with Gasteiger partial charge in [0.15, 0.2) is 5.96 Å². The molecule has 2 saturated heterocycles. The van der Waals surface area contributed by atoms with Crippen LogP contribution in [-0.4, -0.2) is 86.2 Å². The van der Waals surface area contributed by atoms with E-state index in [0.717, 1.165) is 90.7 Å². The van der Waals surface area contributed by atoms with Crippen LogP contribution in [0.4, 0.5) is 0 Å². The van der Waals surface area contributed by atoms with Crippen LogP contribution in [0.2, 0.25) is 0 Å². The van der Waals surface area contributed by atoms with Gasteiger partial charge in [0, 0.05) is 51.2 Å². The minimum Gasteiger partial charge on any atom is -0.379 e. The highest BCUT2D eigenvalue weighted by molar-refractivity contribution is 5.79. The van der Waals surface area contributed by atoms with E-state index in [-0.39, 0.29) is 5.54 Å². The molecule has 172 valence electrons. The number of likely N-dealkylation sites (tertiary alicyclic amines) is 1. The molecule has 3 fully saturated rings. The van der Waals surface area contributed by atoms with E-state index in [0.29, 0.717) is 5.91 Å². The summed E-state index contributed by atoms with van der Waals surface area (Å²) >= 11 is 0. The quantitative estimate of drug-likeness (QED) is 0.358. The minimum absolute atomic E-state index is 0.197. The van der Waals surface area contributed by atoms with Gasteiger partial charge < -0.3 is 20.3 Å². The van der Waals surface area contributed by atoms with Crippen LogP contribution < -0.4 is 10.6 Å². The lowest BCUT2D eigenvalue weighted by Crippen LogP contribution is -2.56. The second kappa shape index (κ2) is 12.5. The molecule has 3 aliphatic rings. The van der Waals surface area contributed by atoms with E-state index in [1.54, 1.807) is 0 Å². The number of morpholine rings is 1. The number of rotatable bonds is 8. The van der Waals surface area contributed by atoms with Crippen LogP contribution in [0.3, 0.4) is 0 Å². The second-order valence-corrected chi connectivity index (χ2v) is 9.05. The minimum atomic E-state index is 0.197. The van der Waals surface area contributed by atoms with Crippen molar-refractivity contribution in [1.82, 2.24) is 20.4 Å². The van der Waals surface area contributed by atoms with E-state index in [2.05, 4.69) is 22.5 Å². The second-order valence-electron chi connectivity index (χ2n) is 9.05. The predicted octanol–water partition coefficient (Wildman–Crippen LogP) is 2.37. The van der Waals surface area contributed by atoms with Crippen molar-refractivity contribution in [2.45, 2.75) is 76.7 Å². The Bertz CT molecular complexity index is 542. The maximum absolute atomic E-state index is 12.2. The van der Waals surface area contributed by atoms with Gasteiger partial charge in [-0.05, 0) is 39.0 Å². The number of ether oxygens (including phenoxy) is 1. The predicted molar refractivity (Wildman–Crippen MR) is 122 cm³/mol. The average molecular weight is 422 g/mol. The number of carbonyl (C=O) groups excluding carboxylic acids is 1. The summed E-state index contributed by atoms with van der Waals surface area (Å²) in [5, 5.41) is 6.92. The molecular weight excluding hydrogens is 378 g/mol. The zero-order valence-electron chi connectivity index (χ0n) is 19.1. The van der Waals surface area contributed by atoms with Gasteiger partial charge in [0.25, 0.3) is 0 Å². The van der Waals surface area contributed by atoms with Crippen molar-refractivity contribution in [3.05, 3.63) is 0 Å². The van der Waals surface area contributed by atoms with Crippen molar-refractivity contribution in [2.75, 3.05) is 59.0 Å². The lowest BCUT2D eigenvalue weighted by molar-refractivity contribution is -0.130. The van der Waals surface area contributed by atoms with Crippen molar-refractivity contribution in [1.29, 1.82) is 0 Å². The highest BCUT2D eigenvalue weighted by atomic mass is 16.5. The molecular formula is C23H43N5O2. The fraction of sp³-hybridized carbons (Fsp3) is 0.913. The SMILES string of the molecule is CCNC(=NCC1(N2CCOCC2)CCCCC1)NCCCN1CCCCCC1=O. The standard InChI is InChI=1S/C23H43N5O2/c1-2-24-22(25-13-9-15-27-14-8-3-5-10-21(27)29)26-20-23(11-6-4-7-12-23)28-16-18-30-19-17-28/h2-20H2,1H3,(H2,24,25,26). The summed E-state index contributed by atoms with van der Waals surface area (Å²) in [6.45, 7) is 10.2. The maximum Gasteiger partial charge on any atom is 0.222 e. The molecule has 0 bridgehead atoms. The number of guanidine groups is 1. The number of aliphatic imine (C=N–C) groups is 1. The van der Waals surface area contributed by atoms with Crippen LogP contribution in [0.15, 0.2) is 4.99 Å². The number of amides is 1. The summed E-state index contributed by atoms with van der Waals surface area (Å²) in [7, 11) is 0. The molecule has 0 aromatic heterocycles. The summed E-state index contributed by atoms with van der Waals surface area (Å²) in [5.41, 5.74) is 0.197. The van der Waals surface area contributed by atoms with Crippen molar-refractivity contribution in [3.63, 3.8) is 0 Å². The van der Waals surface area contributed by atoms with E-state index in [9.17, 15) is 4.79 Å². The van der Waals surface area contributed by atoms with E-state index in [1.165, 1.54) is 38.5 Å². The van der Waals surface area contributed by atoms with Crippen molar-refractivity contribution >= 4 is 11.9 Å².